The van der Waals surface area contributed by atoms with Crippen LogP contribution < -0.4 is 0 Å². The van der Waals surface area contributed by atoms with E-state index in [1.54, 1.807) is 17.8 Å². The number of hydrogen-bond acceptors (Lipinski definition) is 4. The lowest BCUT2D eigenvalue weighted by Gasteiger charge is -2.23. The van der Waals surface area contributed by atoms with Crippen LogP contribution in [0.25, 0.3) is 0 Å². The second kappa shape index (κ2) is 5.29. The molecule has 0 saturated carbocycles. The lowest BCUT2D eigenvalue weighted by atomic mass is 9.96. The van der Waals surface area contributed by atoms with Crippen LogP contribution in [0.2, 0.25) is 0 Å². The minimum Gasteiger partial charge on any atom is -0.396 e. The van der Waals surface area contributed by atoms with Crippen LogP contribution in [0.3, 0.4) is 0 Å². The fourth-order valence-electron chi connectivity index (χ4n) is 1.85. The number of aliphatic hydroxyl groups excluding tert-OH is 1. The van der Waals surface area contributed by atoms with Gasteiger partial charge in [0.2, 0.25) is 0 Å². The van der Waals surface area contributed by atoms with Crippen LogP contribution in [0.15, 0.2) is 36.5 Å². The van der Waals surface area contributed by atoms with Gasteiger partial charge in [-0.05, 0) is 12.5 Å². The van der Waals surface area contributed by atoms with E-state index in [1.165, 1.54) is 0 Å². The van der Waals surface area contributed by atoms with Gasteiger partial charge >= 0.3 is 0 Å². The smallest absolute Gasteiger partial charge is 0.106 e. The highest BCUT2D eigenvalue weighted by atomic mass is 16.3. The lowest BCUT2D eigenvalue weighted by molar-refractivity contribution is 0.0341. The number of benzene rings is 1. The molecule has 0 aliphatic rings. The van der Waals surface area contributed by atoms with E-state index in [0.717, 1.165) is 11.3 Å². The molecule has 2 N–H and O–H groups in total. The second-order valence-corrected chi connectivity index (χ2v) is 4.52. The Labute approximate surface area is 106 Å². The molecule has 0 radical (unpaired) electrons. The predicted molar refractivity (Wildman–Crippen MR) is 66.8 cm³/mol. The summed E-state index contributed by atoms with van der Waals surface area (Å²) >= 11 is 0. The van der Waals surface area contributed by atoms with Gasteiger partial charge in [-0.15, -0.1) is 5.10 Å². The summed E-state index contributed by atoms with van der Waals surface area (Å²) in [6.45, 7) is 2.12. The molecule has 0 aliphatic heterocycles. The number of rotatable bonds is 5. The zero-order chi connectivity index (χ0) is 13.0. The average Bonchev–Trinajstić information content (AvgIpc) is 2.77. The molecule has 96 valence electrons. The normalized spacial score (nSPS) is 14.4. The summed E-state index contributed by atoms with van der Waals surface area (Å²) < 4.78 is 1.60. The van der Waals surface area contributed by atoms with E-state index in [0.29, 0.717) is 13.0 Å². The van der Waals surface area contributed by atoms with Gasteiger partial charge in [0.25, 0.3) is 0 Å². The SMILES string of the molecule is CC(O)(Cn1cc(CCO)nn1)c1ccccc1. The Hall–Kier alpha value is -1.72. The maximum absolute atomic E-state index is 10.4. The zero-order valence-electron chi connectivity index (χ0n) is 10.3. The van der Waals surface area contributed by atoms with Gasteiger partial charge in [-0.3, -0.25) is 0 Å². The van der Waals surface area contributed by atoms with Crippen LogP contribution in [0.1, 0.15) is 18.2 Å². The van der Waals surface area contributed by atoms with E-state index in [4.69, 9.17) is 5.11 Å². The Morgan fingerprint density at radius 1 is 1.28 bits per heavy atom. The molecule has 1 atom stereocenters. The van der Waals surface area contributed by atoms with Crippen LogP contribution in [0.5, 0.6) is 0 Å². The first kappa shape index (κ1) is 12.7. The molecule has 5 nitrogen and oxygen atoms in total. The summed E-state index contributed by atoms with van der Waals surface area (Å²) in [4.78, 5) is 0. The van der Waals surface area contributed by atoms with Gasteiger partial charge in [0, 0.05) is 19.2 Å². The van der Waals surface area contributed by atoms with Crippen LogP contribution >= 0.6 is 0 Å². The molecule has 0 aliphatic carbocycles. The van der Waals surface area contributed by atoms with E-state index in [2.05, 4.69) is 10.3 Å². The zero-order valence-corrected chi connectivity index (χ0v) is 10.3. The topological polar surface area (TPSA) is 71.2 Å². The summed E-state index contributed by atoms with van der Waals surface area (Å²) in [5.41, 5.74) is 0.566. The third kappa shape index (κ3) is 2.94. The predicted octanol–water partition coefficient (Wildman–Crippen LogP) is 0.721. The number of aromatic nitrogens is 3. The van der Waals surface area contributed by atoms with Crippen molar-refractivity contribution in [3.05, 3.63) is 47.8 Å². The summed E-state index contributed by atoms with van der Waals surface area (Å²) in [6, 6.07) is 9.45. The van der Waals surface area contributed by atoms with Gasteiger partial charge < -0.3 is 10.2 Å². The molecule has 0 amide bonds. The molecule has 0 fully saturated rings. The number of nitrogens with zero attached hydrogens (tertiary/aromatic N) is 3. The van der Waals surface area contributed by atoms with Gasteiger partial charge in [-0.1, -0.05) is 35.5 Å². The van der Waals surface area contributed by atoms with E-state index < -0.39 is 5.60 Å². The summed E-state index contributed by atoms with van der Waals surface area (Å²) in [6.07, 6.45) is 2.22. The molecule has 1 heterocycles. The first-order valence-corrected chi connectivity index (χ1v) is 5.89. The standard InChI is InChI=1S/C13H17N3O2/c1-13(18,11-5-3-2-4-6-11)10-16-9-12(7-8-17)14-15-16/h2-6,9,17-18H,7-8,10H2,1H3. The number of hydrogen-bond donors (Lipinski definition) is 2. The maximum atomic E-state index is 10.4. The first-order valence-electron chi connectivity index (χ1n) is 5.89. The van der Waals surface area contributed by atoms with Crippen LogP contribution in [0, 0.1) is 0 Å². The summed E-state index contributed by atoms with van der Waals surface area (Å²) in [5, 5.41) is 27.1. The summed E-state index contributed by atoms with van der Waals surface area (Å²) in [7, 11) is 0. The fourth-order valence-corrected chi connectivity index (χ4v) is 1.85. The highest BCUT2D eigenvalue weighted by Crippen LogP contribution is 2.21. The van der Waals surface area contributed by atoms with Crippen LogP contribution in [0.4, 0.5) is 0 Å². The molecule has 5 heteroatoms. The molecule has 0 bridgehead atoms. The molecule has 18 heavy (non-hydrogen) atoms. The third-order valence-electron chi connectivity index (χ3n) is 2.82. The Morgan fingerprint density at radius 3 is 2.67 bits per heavy atom. The molecule has 2 aromatic rings. The highest BCUT2D eigenvalue weighted by Gasteiger charge is 2.24. The van der Waals surface area contributed by atoms with Crippen molar-refractivity contribution >= 4 is 0 Å². The van der Waals surface area contributed by atoms with Crippen molar-refractivity contribution in [2.24, 2.45) is 0 Å². The van der Waals surface area contributed by atoms with Crippen molar-refractivity contribution in [2.75, 3.05) is 6.61 Å². The molecular formula is C13H17N3O2. The Balaban J connectivity index is 2.12. The largest absolute Gasteiger partial charge is 0.396 e. The minimum atomic E-state index is -0.995. The molecular weight excluding hydrogens is 230 g/mol. The van der Waals surface area contributed by atoms with Crippen molar-refractivity contribution < 1.29 is 10.2 Å². The first-order chi connectivity index (χ1) is 8.62. The van der Waals surface area contributed by atoms with Crippen molar-refractivity contribution in [1.29, 1.82) is 0 Å². The fraction of sp³-hybridized carbons (Fsp3) is 0.385. The highest BCUT2D eigenvalue weighted by molar-refractivity contribution is 5.21. The van der Waals surface area contributed by atoms with Crippen molar-refractivity contribution in [3.63, 3.8) is 0 Å². The number of aliphatic hydroxyl groups is 2. The average molecular weight is 247 g/mol. The van der Waals surface area contributed by atoms with Gasteiger partial charge in [0.15, 0.2) is 0 Å². The molecule has 0 spiro atoms. The molecule has 1 unspecified atom stereocenters. The van der Waals surface area contributed by atoms with Crippen LogP contribution in [-0.4, -0.2) is 31.8 Å². The lowest BCUT2D eigenvalue weighted by Crippen LogP contribution is -2.28. The van der Waals surface area contributed by atoms with E-state index in [-0.39, 0.29) is 6.61 Å². The Bertz CT molecular complexity index is 494. The Morgan fingerprint density at radius 2 is 2.00 bits per heavy atom. The van der Waals surface area contributed by atoms with Gasteiger partial charge in [-0.25, -0.2) is 4.68 Å². The maximum Gasteiger partial charge on any atom is 0.106 e. The van der Waals surface area contributed by atoms with Crippen LogP contribution in [-0.2, 0) is 18.6 Å². The Kier molecular flexibility index (Phi) is 3.74. The van der Waals surface area contributed by atoms with Gasteiger partial charge in [0.05, 0.1) is 12.2 Å². The van der Waals surface area contributed by atoms with E-state index >= 15 is 0 Å². The van der Waals surface area contributed by atoms with Crippen molar-refractivity contribution in [3.8, 4) is 0 Å². The third-order valence-corrected chi connectivity index (χ3v) is 2.82. The molecule has 2 rings (SSSR count). The molecule has 0 saturated heterocycles. The second-order valence-electron chi connectivity index (χ2n) is 4.52. The van der Waals surface area contributed by atoms with Gasteiger partial charge in [-0.2, -0.15) is 0 Å². The molecule has 1 aromatic carbocycles. The van der Waals surface area contributed by atoms with E-state index in [9.17, 15) is 5.11 Å². The minimum absolute atomic E-state index is 0.0494. The van der Waals surface area contributed by atoms with Crippen molar-refractivity contribution in [2.45, 2.75) is 25.5 Å². The van der Waals surface area contributed by atoms with E-state index in [1.807, 2.05) is 30.3 Å². The molecule has 1 aromatic heterocycles. The monoisotopic (exact) mass is 247 g/mol. The summed E-state index contributed by atoms with van der Waals surface area (Å²) in [5.74, 6) is 0. The van der Waals surface area contributed by atoms with Gasteiger partial charge in [0.1, 0.15) is 5.60 Å². The quantitative estimate of drug-likeness (QED) is 0.816. The van der Waals surface area contributed by atoms with Crippen molar-refractivity contribution in [1.82, 2.24) is 15.0 Å².